The standard InChI is InChI=1S/C12H13FN2O4/c1-19-9-4-5-14(7-9)12(16)10-6-8(15(17)18)2-3-11(10)13/h2-3,6,9H,4-5,7H2,1H3. The molecule has 0 radical (unpaired) electrons. The molecule has 19 heavy (non-hydrogen) atoms. The Bertz CT molecular complexity index is 520. The van der Waals surface area contributed by atoms with E-state index in [2.05, 4.69) is 0 Å². The number of likely N-dealkylation sites (tertiary alicyclic amines) is 1. The molecule has 0 spiro atoms. The molecule has 7 heteroatoms. The molecular formula is C12H13FN2O4. The molecule has 1 aliphatic heterocycles. The second-order valence-electron chi connectivity index (χ2n) is 4.32. The first kappa shape index (κ1) is 13.4. The number of hydrogen-bond acceptors (Lipinski definition) is 4. The van der Waals surface area contributed by atoms with Gasteiger partial charge in [-0.1, -0.05) is 0 Å². The summed E-state index contributed by atoms with van der Waals surface area (Å²) in [5, 5.41) is 10.6. The number of halogens is 1. The number of non-ortho nitro benzene ring substituents is 1. The average molecular weight is 268 g/mol. The molecule has 1 aromatic carbocycles. The first-order chi connectivity index (χ1) is 9.02. The molecule has 1 aromatic rings. The fourth-order valence-electron chi connectivity index (χ4n) is 2.07. The van der Waals surface area contributed by atoms with E-state index in [9.17, 15) is 19.3 Å². The summed E-state index contributed by atoms with van der Waals surface area (Å²) in [5.41, 5.74) is -0.571. The van der Waals surface area contributed by atoms with E-state index in [4.69, 9.17) is 4.74 Å². The predicted molar refractivity (Wildman–Crippen MR) is 64.4 cm³/mol. The minimum absolute atomic E-state index is 0.0642. The summed E-state index contributed by atoms with van der Waals surface area (Å²) in [5.74, 6) is -1.29. The van der Waals surface area contributed by atoms with Crippen molar-refractivity contribution >= 4 is 11.6 Å². The number of nitro groups is 1. The van der Waals surface area contributed by atoms with Gasteiger partial charge in [-0.3, -0.25) is 14.9 Å². The van der Waals surface area contributed by atoms with Crippen molar-refractivity contribution in [3.63, 3.8) is 0 Å². The highest BCUT2D eigenvalue weighted by atomic mass is 19.1. The number of benzene rings is 1. The van der Waals surface area contributed by atoms with Crippen molar-refractivity contribution in [3.05, 3.63) is 39.7 Å². The normalized spacial score (nSPS) is 18.6. The van der Waals surface area contributed by atoms with E-state index in [1.54, 1.807) is 7.11 Å². The van der Waals surface area contributed by atoms with Crippen LogP contribution in [0.15, 0.2) is 18.2 Å². The van der Waals surface area contributed by atoms with E-state index in [0.29, 0.717) is 19.5 Å². The number of nitro benzene ring substituents is 1. The SMILES string of the molecule is COC1CCN(C(=O)c2cc([N+](=O)[O-])ccc2F)C1. The van der Waals surface area contributed by atoms with Crippen LogP contribution >= 0.6 is 0 Å². The number of methoxy groups -OCH3 is 1. The zero-order chi connectivity index (χ0) is 14.0. The first-order valence-corrected chi connectivity index (χ1v) is 5.79. The molecule has 0 bridgehead atoms. The van der Waals surface area contributed by atoms with Crippen LogP contribution in [0.1, 0.15) is 16.8 Å². The fraction of sp³-hybridized carbons (Fsp3) is 0.417. The van der Waals surface area contributed by atoms with Gasteiger partial charge in [0.2, 0.25) is 0 Å². The summed E-state index contributed by atoms with van der Waals surface area (Å²) in [6.07, 6.45) is 0.615. The summed E-state index contributed by atoms with van der Waals surface area (Å²) in [6.45, 7) is 0.830. The lowest BCUT2D eigenvalue weighted by atomic mass is 10.1. The molecule has 102 valence electrons. The van der Waals surface area contributed by atoms with Crippen molar-refractivity contribution in [2.75, 3.05) is 20.2 Å². The van der Waals surface area contributed by atoms with Crippen molar-refractivity contribution < 1.29 is 18.8 Å². The van der Waals surface area contributed by atoms with Gasteiger partial charge in [-0.2, -0.15) is 0 Å². The molecule has 1 heterocycles. The fourth-order valence-corrected chi connectivity index (χ4v) is 2.07. The van der Waals surface area contributed by atoms with Gasteiger partial charge < -0.3 is 9.64 Å². The van der Waals surface area contributed by atoms with Crippen LogP contribution in [-0.4, -0.2) is 42.0 Å². The number of nitrogens with zero attached hydrogens (tertiary/aromatic N) is 2. The van der Waals surface area contributed by atoms with Crippen molar-refractivity contribution in [2.45, 2.75) is 12.5 Å². The van der Waals surface area contributed by atoms with Gasteiger partial charge in [0.1, 0.15) is 5.82 Å². The van der Waals surface area contributed by atoms with Crippen LogP contribution in [0, 0.1) is 15.9 Å². The van der Waals surface area contributed by atoms with Crippen LogP contribution < -0.4 is 0 Å². The van der Waals surface area contributed by atoms with Crippen molar-refractivity contribution in [1.29, 1.82) is 0 Å². The van der Waals surface area contributed by atoms with Gasteiger partial charge >= 0.3 is 0 Å². The molecule has 1 fully saturated rings. The number of rotatable bonds is 3. The van der Waals surface area contributed by atoms with E-state index in [0.717, 1.165) is 18.2 Å². The Morgan fingerprint density at radius 2 is 2.32 bits per heavy atom. The molecule has 2 rings (SSSR count). The molecular weight excluding hydrogens is 255 g/mol. The number of carbonyl (C=O) groups is 1. The number of ether oxygens (including phenoxy) is 1. The highest BCUT2D eigenvalue weighted by Gasteiger charge is 2.29. The van der Waals surface area contributed by atoms with Crippen LogP contribution in [0.25, 0.3) is 0 Å². The maximum atomic E-state index is 13.6. The highest BCUT2D eigenvalue weighted by molar-refractivity contribution is 5.95. The van der Waals surface area contributed by atoms with Crippen molar-refractivity contribution in [2.24, 2.45) is 0 Å². The summed E-state index contributed by atoms with van der Waals surface area (Å²) in [4.78, 5) is 23.5. The van der Waals surface area contributed by atoms with Gasteiger partial charge in [0, 0.05) is 32.3 Å². The Kier molecular flexibility index (Phi) is 3.75. The molecule has 0 aromatic heterocycles. The van der Waals surface area contributed by atoms with Crippen LogP contribution in [0.3, 0.4) is 0 Å². The van der Waals surface area contributed by atoms with Gasteiger partial charge in [-0.25, -0.2) is 4.39 Å². The van der Waals surface area contributed by atoms with E-state index < -0.39 is 16.6 Å². The van der Waals surface area contributed by atoms with Crippen molar-refractivity contribution in [1.82, 2.24) is 4.90 Å². The molecule has 1 atom stereocenters. The van der Waals surface area contributed by atoms with Crippen LogP contribution in [0.2, 0.25) is 0 Å². The van der Waals surface area contributed by atoms with Crippen molar-refractivity contribution in [3.8, 4) is 0 Å². The van der Waals surface area contributed by atoms with Gasteiger partial charge in [-0.05, 0) is 12.5 Å². The van der Waals surface area contributed by atoms with E-state index in [1.807, 2.05) is 0 Å². The third-order valence-corrected chi connectivity index (χ3v) is 3.16. The molecule has 0 aliphatic carbocycles. The van der Waals surface area contributed by atoms with Gasteiger partial charge in [-0.15, -0.1) is 0 Å². The lowest BCUT2D eigenvalue weighted by molar-refractivity contribution is -0.384. The summed E-state index contributed by atoms with van der Waals surface area (Å²) < 4.78 is 18.7. The Balaban J connectivity index is 2.24. The zero-order valence-electron chi connectivity index (χ0n) is 10.3. The minimum atomic E-state index is -0.753. The molecule has 1 amide bonds. The van der Waals surface area contributed by atoms with Crippen LogP contribution in [-0.2, 0) is 4.74 Å². The summed E-state index contributed by atoms with van der Waals surface area (Å²) >= 11 is 0. The minimum Gasteiger partial charge on any atom is -0.380 e. The Morgan fingerprint density at radius 1 is 1.58 bits per heavy atom. The lowest BCUT2D eigenvalue weighted by Gasteiger charge is -2.16. The maximum Gasteiger partial charge on any atom is 0.270 e. The third kappa shape index (κ3) is 2.70. The van der Waals surface area contributed by atoms with Gasteiger partial charge in [0.15, 0.2) is 0 Å². The molecule has 6 nitrogen and oxygen atoms in total. The third-order valence-electron chi connectivity index (χ3n) is 3.16. The predicted octanol–water partition coefficient (Wildman–Crippen LogP) is 1.59. The lowest BCUT2D eigenvalue weighted by Crippen LogP contribution is -2.30. The molecule has 1 unspecified atom stereocenters. The topological polar surface area (TPSA) is 72.7 Å². The zero-order valence-corrected chi connectivity index (χ0v) is 10.3. The highest BCUT2D eigenvalue weighted by Crippen LogP contribution is 2.21. The number of amides is 1. The molecule has 1 saturated heterocycles. The number of hydrogen-bond donors (Lipinski definition) is 0. The Labute approximate surface area is 108 Å². The Morgan fingerprint density at radius 3 is 2.89 bits per heavy atom. The average Bonchev–Trinajstić information content (AvgIpc) is 2.87. The molecule has 0 saturated carbocycles. The monoisotopic (exact) mass is 268 g/mol. The van der Waals surface area contributed by atoms with Crippen LogP contribution in [0.4, 0.5) is 10.1 Å². The smallest absolute Gasteiger partial charge is 0.270 e. The molecule has 0 N–H and O–H groups in total. The van der Waals surface area contributed by atoms with E-state index in [-0.39, 0.29) is 17.4 Å². The second kappa shape index (κ2) is 5.31. The van der Waals surface area contributed by atoms with Crippen LogP contribution in [0.5, 0.6) is 0 Å². The van der Waals surface area contributed by atoms with Gasteiger partial charge in [0.05, 0.1) is 16.6 Å². The maximum absolute atomic E-state index is 13.6. The largest absolute Gasteiger partial charge is 0.380 e. The summed E-state index contributed by atoms with van der Waals surface area (Å²) in [6, 6.07) is 2.95. The second-order valence-corrected chi connectivity index (χ2v) is 4.32. The van der Waals surface area contributed by atoms with E-state index >= 15 is 0 Å². The molecule has 1 aliphatic rings. The Hall–Kier alpha value is -2.02. The first-order valence-electron chi connectivity index (χ1n) is 5.79. The summed E-state index contributed by atoms with van der Waals surface area (Å²) in [7, 11) is 1.55. The van der Waals surface area contributed by atoms with E-state index in [1.165, 1.54) is 4.90 Å². The van der Waals surface area contributed by atoms with Gasteiger partial charge in [0.25, 0.3) is 11.6 Å². The quantitative estimate of drug-likeness (QED) is 0.616. The number of carbonyl (C=O) groups excluding carboxylic acids is 1.